The van der Waals surface area contributed by atoms with E-state index in [9.17, 15) is 18.0 Å². The fraction of sp³-hybridized carbons (Fsp3) is 0.250. The Morgan fingerprint density at radius 2 is 1.88 bits per heavy atom. The first-order chi connectivity index (χ1) is 11.9. The number of rotatable bonds is 8. The maximum Gasteiger partial charge on any atom is 0.307 e. The number of hydrogen-bond acceptors (Lipinski definition) is 6. The Kier molecular flexibility index (Phi) is 6.68. The average molecular weight is 382 g/mol. The van der Waals surface area contributed by atoms with E-state index in [2.05, 4.69) is 10.0 Å². The number of hydrogen-bond donors (Lipinski definition) is 2. The standard InChI is InChI=1S/C16H18N2O5S2/c1-12(16(20)18-13-6-3-2-4-7-13)23-14(19)9-10-17-25(21,22)15-8-5-11-24-15/h2-8,11-12,17H,9-10H2,1H3,(H,18,20)/t12-/m1/s1. The maximum atomic E-state index is 11.9. The molecule has 134 valence electrons. The van der Waals surface area contributed by atoms with Crippen LogP contribution in [0.2, 0.25) is 0 Å². The third kappa shape index (κ3) is 5.96. The van der Waals surface area contributed by atoms with E-state index < -0.39 is 28.0 Å². The number of anilines is 1. The molecule has 2 N–H and O–H groups in total. The van der Waals surface area contributed by atoms with Gasteiger partial charge in [0.2, 0.25) is 10.0 Å². The molecule has 2 rings (SSSR count). The highest BCUT2D eigenvalue weighted by molar-refractivity contribution is 7.91. The van der Waals surface area contributed by atoms with Gasteiger partial charge < -0.3 is 10.1 Å². The number of carbonyl (C=O) groups is 2. The fourth-order valence-corrected chi connectivity index (χ4v) is 3.92. The van der Waals surface area contributed by atoms with E-state index >= 15 is 0 Å². The van der Waals surface area contributed by atoms with Gasteiger partial charge in [-0.2, -0.15) is 0 Å². The van der Waals surface area contributed by atoms with Gasteiger partial charge in [0.05, 0.1) is 6.42 Å². The molecule has 1 heterocycles. The maximum absolute atomic E-state index is 11.9. The van der Waals surface area contributed by atoms with Crippen LogP contribution in [0.25, 0.3) is 0 Å². The zero-order valence-corrected chi connectivity index (χ0v) is 15.1. The van der Waals surface area contributed by atoms with Crippen LogP contribution >= 0.6 is 11.3 Å². The van der Waals surface area contributed by atoms with Crippen LogP contribution in [0.5, 0.6) is 0 Å². The summed E-state index contributed by atoms with van der Waals surface area (Å²) in [5.41, 5.74) is 0.596. The molecule has 25 heavy (non-hydrogen) atoms. The van der Waals surface area contributed by atoms with Gasteiger partial charge in [-0.15, -0.1) is 11.3 Å². The SMILES string of the molecule is C[C@@H](OC(=O)CCNS(=O)(=O)c1cccs1)C(=O)Nc1ccccc1. The lowest BCUT2D eigenvalue weighted by molar-refractivity contribution is -0.152. The van der Waals surface area contributed by atoms with E-state index in [1.165, 1.54) is 13.0 Å². The summed E-state index contributed by atoms with van der Waals surface area (Å²) in [6.07, 6.45) is -1.16. The zero-order chi connectivity index (χ0) is 18.3. The molecule has 1 atom stereocenters. The summed E-state index contributed by atoms with van der Waals surface area (Å²) in [5.74, 6) is -1.12. The van der Waals surface area contributed by atoms with Crippen molar-refractivity contribution in [1.82, 2.24) is 4.72 Å². The van der Waals surface area contributed by atoms with Gasteiger partial charge in [0.15, 0.2) is 6.10 Å². The van der Waals surface area contributed by atoms with Gasteiger partial charge in [0.1, 0.15) is 4.21 Å². The molecule has 0 fully saturated rings. The summed E-state index contributed by atoms with van der Waals surface area (Å²) in [6.45, 7) is 1.35. The Balaban J connectivity index is 1.75. The second kappa shape index (κ2) is 8.75. The van der Waals surface area contributed by atoms with Gasteiger partial charge >= 0.3 is 5.97 Å². The van der Waals surface area contributed by atoms with Crippen LogP contribution in [0.4, 0.5) is 5.69 Å². The zero-order valence-electron chi connectivity index (χ0n) is 13.5. The number of thiophene rings is 1. The number of nitrogens with one attached hydrogen (secondary N) is 2. The topological polar surface area (TPSA) is 102 Å². The average Bonchev–Trinajstić information content (AvgIpc) is 3.11. The summed E-state index contributed by atoms with van der Waals surface area (Å²) >= 11 is 1.08. The predicted octanol–water partition coefficient (Wildman–Crippen LogP) is 1.99. The van der Waals surface area contributed by atoms with Gasteiger partial charge in [0.25, 0.3) is 5.91 Å². The van der Waals surface area contributed by atoms with Crippen molar-refractivity contribution < 1.29 is 22.7 Å². The first kappa shape index (κ1) is 19.1. The van der Waals surface area contributed by atoms with Gasteiger partial charge in [0, 0.05) is 12.2 Å². The number of carbonyl (C=O) groups excluding carboxylic acids is 2. The van der Waals surface area contributed by atoms with Crippen LogP contribution in [0.3, 0.4) is 0 Å². The Morgan fingerprint density at radius 3 is 2.52 bits per heavy atom. The Morgan fingerprint density at radius 1 is 1.16 bits per heavy atom. The summed E-state index contributed by atoms with van der Waals surface area (Å²) in [4.78, 5) is 23.7. The molecule has 0 saturated carbocycles. The van der Waals surface area contributed by atoms with Gasteiger partial charge in [-0.3, -0.25) is 9.59 Å². The summed E-state index contributed by atoms with van der Waals surface area (Å²) < 4.78 is 31.3. The number of esters is 1. The Bertz CT molecular complexity index is 804. The molecule has 0 aliphatic carbocycles. The third-order valence-corrected chi connectivity index (χ3v) is 5.96. The molecule has 0 saturated heterocycles. The van der Waals surface area contributed by atoms with Crippen molar-refractivity contribution in [3.63, 3.8) is 0 Å². The first-order valence-electron chi connectivity index (χ1n) is 7.47. The quantitative estimate of drug-likeness (QED) is 0.680. The van der Waals surface area contributed by atoms with Crippen molar-refractivity contribution in [1.29, 1.82) is 0 Å². The Labute approximate surface area is 150 Å². The van der Waals surface area contributed by atoms with Crippen LogP contribution in [0.15, 0.2) is 52.1 Å². The highest BCUT2D eigenvalue weighted by Gasteiger charge is 2.19. The first-order valence-corrected chi connectivity index (χ1v) is 9.83. The van der Waals surface area contributed by atoms with Crippen LogP contribution in [0, 0.1) is 0 Å². The summed E-state index contributed by atoms with van der Waals surface area (Å²) in [7, 11) is -3.62. The molecule has 0 aliphatic rings. The molecule has 0 aliphatic heterocycles. The molecular weight excluding hydrogens is 364 g/mol. The largest absolute Gasteiger partial charge is 0.452 e. The Hall–Kier alpha value is -2.23. The fourth-order valence-electron chi connectivity index (χ4n) is 1.85. The second-order valence-corrected chi connectivity index (χ2v) is 8.01. The highest BCUT2D eigenvalue weighted by Crippen LogP contribution is 2.15. The minimum Gasteiger partial charge on any atom is -0.452 e. The molecule has 7 nitrogen and oxygen atoms in total. The number of amides is 1. The summed E-state index contributed by atoms with van der Waals surface area (Å²) in [6, 6.07) is 11.9. The normalized spacial score (nSPS) is 12.4. The van der Waals surface area contributed by atoms with Crippen molar-refractivity contribution in [2.24, 2.45) is 0 Å². The molecule has 9 heteroatoms. The van der Waals surface area contributed by atoms with Gasteiger partial charge in [-0.1, -0.05) is 24.3 Å². The minimum absolute atomic E-state index is 0.105. The molecule has 0 bridgehead atoms. The predicted molar refractivity (Wildman–Crippen MR) is 94.8 cm³/mol. The van der Waals surface area contributed by atoms with Crippen molar-refractivity contribution in [3.05, 3.63) is 47.8 Å². The van der Waals surface area contributed by atoms with Gasteiger partial charge in [-0.25, -0.2) is 13.1 Å². The van der Waals surface area contributed by atoms with Crippen molar-refractivity contribution in [2.75, 3.05) is 11.9 Å². The number of benzene rings is 1. The molecule has 1 aromatic carbocycles. The van der Waals surface area contributed by atoms with Crippen molar-refractivity contribution >= 4 is 38.9 Å². The van der Waals surface area contributed by atoms with Crippen LogP contribution in [-0.2, 0) is 24.3 Å². The molecular formula is C16H18N2O5S2. The van der Waals surface area contributed by atoms with Crippen molar-refractivity contribution in [3.8, 4) is 0 Å². The van der Waals surface area contributed by atoms with Crippen LogP contribution in [0.1, 0.15) is 13.3 Å². The smallest absolute Gasteiger partial charge is 0.307 e. The van der Waals surface area contributed by atoms with E-state index in [0.717, 1.165) is 11.3 Å². The molecule has 0 unspecified atom stereocenters. The van der Waals surface area contributed by atoms with E-state index in [0.29, 0.717) is 5.69 Å². The van der Waals surface area contributed by atoms with E-state index in [4.69, 9.17) is 4.74 Å². The molecule has 1 aromatic heterocycles. The van der Waals surface area contributed by atoms with Crippen LogP contribution in [-0.4, -0.2) is 32.9 Å². The highest BCUT2D eigenvalue weighted by atomic mass is 32.2. The molecule has 0 spiro atoms. The molecule has 1 amide bonds. The number of para-hydroxylation sites is 1. The van der Waals surface area contributed by atoms with E-state index in [1.807, 2.05) is 6.07 Å². The third-order valence-electron chi connectivity index (χ3n) is 3.10. The van der Waals surface area contributed by atoms with E-state index in [1.54, 1.807) is 35.7 Å². The lowest BCUT2D eigenvalue weighted by Gasteiger charge is -2.13. The monoisotopic (exact) mass is 382 g/mol. The van der Waals surface area contributed by atoms with Crippen molar-refractivity contribution in [2.45, 2.75) is 23.7 Å². The lowest BCUT2D eigenvalue weighted by atomic mass is 10.3. The number of sulfonamides is 1. The second-order valence-electron chi connectivity index (χ2n) is 5.07. The van der Waals surface area contributed by atoms with E-state index in [-0.39, 0.29) is 17.2 Å². The lowest BCUT2D eigenvalue weighted by Crippen LogP contribution is -2.31. The minimum atomic E-state index is -3.62. The van der Waals surface area contributed by atoms with Crippen LogP contribution < -0.4 is 10.0 Å². The number of ether oxygens (including phenoxy) is 1. The van der Waals surface area contributed by atoms with Gasteiger partial charge in [-0.05, 0) is 30.5 Å². The summed E-state index contributed by atoms with van der Waals surface area (Å²) in [5, 5.41) is 4.27. The molecule has 2 aromatic rings. The molecule has 0 radical (unpaired) electrons.